The van der Waals surface area contributed by atoms with Crippen molar-refractivity contribution in [1.29, 1.82) is 0 Å². The van der Waals surface area contributed by atoms with Crippen molar-refractivity contribution in [2.45, 2.75) is 0 Å². The third kappa shape index (κ3) is 3.46. The van der Waals surface area contributed by atoms with E-state index in [2.05, 4.69) is 26.2 Å². The van der Waals surface area contributed by atoms with E-state index in [1.54, 1.807) is 18.2 Å². The van der Waals surface area contributed by atoms with Gasteiger partial charge in [0.1, 0.15) is 23.8 Å². The summed E-state index contributed by atoms with van der Waals surface area (Å²) in [5.74, 6) is 0.0516. The van der Waals surface area contributed by atoms with Gasteiger partial charge >= 0.3 is 5.97 Å². The second-order valence-electron chi connectivity index (χ2n) is 5.00. The minimum Gasteiger partial charge on any atom is -0.494 e. The maximum absolute atomic E-state index is 11.1. The number of halogens is 1. The van der Waals surface area contributed by atoms with Gasteiger partial charge in [0.2, 0.25) is 0 Å². The molecule has 0 amide bonds. The van der Waals surface area contributed by atoms with Crippen molar-refractivity contribution in [3.8, 4) is 11.5 Å². The van der Waals surface area contributed by atoms with Gasteiger partial charge in [0.15, 0.2) is 0 Å². The summed E-state index contributed by atoms with van der Waals surface area (Å²) >= 11 is 3.36. The summed E-state index contributed by atoms with van der Waals surface area (Å²) in [4.78, 5) is 11.1. The Balaban J connectivity index is 1.97. The smallest absolute Gasteiger partial charge is 0.335 e. The molecular formula is C17H13BrN2O4. The fourth-order valence-corrected chi connectivity index (χ4v) is 2.44. The normalized spacial score (nSPS) is 13.2. The first-order valence-corrected chi connectivity index (χ1v) is 7.82. The monoisotopic (exact) mass is 388 g/mol. The van der Waals surface area contributed by atoms with Crippen LogP contribution in [0.15, 0.2) is 56.7 Å². The molecule has 6 nitrogen and oxygen atoms in total. The standard InChI is InChI=1S/C17H13BrN2O4/c1-23-16-8-15-10(6-11(9-24-15)17(21)22)7-14(16)20-19-13-4-2-12(18)3-5-13/h2-8H,9H2,1H3,(H,21,22)/b20-19+. The molecule has 1 aliphatic rings. The first-order valence-electron chi connectivity index (χ1n) is 7.03. The van der Waals surface area contributed by atoms with Crippen molar-refractivity contribution >= 4 is 39.4 Å². The average Bonchev–Trinajstić information content (AvgIpc) is 2.59. The van der Waals surface area contributed by atoms with E-state index in [9.17, 15) is 4.79 Å². The molecule has 0 bridgehead atoms. The number of ether oxygens (including phenoxy) is 2. The van der Waals surface area contributed by atoms with Crippen molar-refractivity contribution in [2.75, 3.05) is 13.7 Å². The maximum Gasteiger partial charge on any atom is 0.335 e. The molecule has 0 saturated heterocycles. The number of benzene rings is 2. The average molecular weight is 389 g/mol. The Hall–Kier alpha value is -2.67. The highest BCUT2D eigenvalue weighted by molar-refractivity contribution is 9.10. The maximum atomic E-state index is 11.1. The highest BCUT2D eigenvalue weighted by Gasteiger charge is 2.19. The largest absolute Gasteiger partial charge is 0.494 e. The van der Waals surface area contributed by atoms with Crippen LogP contribution in [-0.2, 0) is 4.79 Å². The highest BCUT2D eigenvalue weighted by Crippen LogP contribution is 2.38. The zero-order valence-corrected chi connectivity index (χ0v) is 14.3. The number of azo groups is 1. The quantitative estimate of drug-likeness (QED) is 0.767. The molecule has 24 heavy (non-hydrogen) atoms. The van der Waals surface area contributed by atoms with Gasteiger partial charge in [-0.1, -0.05) is 15.9 Å². The minimum atomic E-state index is -1.01. The lowest BCUT2D eigenvalue weighted by Gasteiger charge is -2.17. The summed E-state index contributed by atoms with van der Waals surface area (Å²) in [5.41, 5.74) is 1.99. The minimum absolute atomic E-state index is 0.0191. The summed E-state index contributed by atoms with van der Waals surface area (Å²) in [6, 6.07) is 10.8. The molecule has 0 saturated carbocycles. The predicted molar refractivity (Wildman–Crippen MR) is 92.4 cm³/mol. The molecule has 2 aromatic rings. The molecule has 3 rings (SSSR count). The van der Waals surface area contributed by atoms with E-state index >= 15 is 0 Å². The van der Waals surface area contributed by atoms with Crippen molar-refractivity contribution < 1.29 is 19.4 Å². The van der Waals surface area contributed by atoms with Crippen LogP contribution in [0.3, 0.4) is 0 Å². The zero-order chi connectivity index (χ0) is 17.1. The van der Waals surface area contributed by atoms with Gasteiger partial charge in [-0.15, -0.1) is 5.11 Å². The lowest BCUT2D eigenvalue weighted by Crippen LogP contribution is -2.14. The van der Waals surface area contributed by atoms with E-state index in [1.807, 2.05) is 24.3 Å². The number of aliphatic carboxylic acids is 1. The van der Waals surface area contributed by atoms with Crippen LogP contribution in [-0.4, -0.2) is 24.8 Å². The number of hydrogen-bond donors (Lipinski definition) is 1. The van der Waals surface area contributed by atoms with E-state index < -0.39 is 5.97 Å². The molecule has 1 aliphatic heterocycles. The molecule has 7 heteroatoms. The molecule has 122 valence electrons. The Bertz CT molecular complexity index is 844. The molecule has 0 unspecified atom stereocenters. The summed E-state index contributed by atoms with van der Waals surface area (Å²) in [6.07, 6.45) is 1.57. The molecule has 0 radical (unpaired) electrons. The third-order valence-corrected chi connectivity index (χ3v) is 3.93. The van der Waals surface area contributed by atoms with Crippen LogP contribution in [0.2, 0.25) is 0 Å². The van der Waals surface area contributed by atoms with Crippen LogP contribution in [0.5, 0.6) is 11.5 Å². The van der Waals surface area contributed by atoms with Crippen LogP contribution < -0.4 is 9.47 Å². The van der Waals surface area contributed by atoms with Crippen molar-refractivity contribution in [2.24, 2.45) is 10.2 Å². The van der Waals surface area contributed by atoms with Gasteiger partial charge in [0, 0.05) is 16.1 Å². The lowest BCUT2D eigenvalue weighted by molar-refractivity contribution is -0.132. The number of methoxy groups -OCH3 is 1. The summed E-state index contributed by atoms with van der Waals surface area (Å²) in [5, 5.41) is 17.5. The van der Waals surface area contributed by atoms with Gasteiger partial charge < -0.3 is 14.6 Å². The van der Waals surface area contributed by atoms with Crippen molar-refractivity contribution in [1.82, 2.24) is 0 Å². The second-order valence-corrected chi connectivity index (χ2v) is 5.92. The SMILES string of the molecule is COc1cc2c(cc1/N=N/c1ccc(Br)cc1)C=C(C(=O)O)CO2. The van der Waals surface area contributed by atoms with E-state index in [-0.39, 0.29) is 12.2 Å². The van der Waals surface area contributed by atoms with Gasteiger partial charge in [-0.05, 0) is 36.4 Å². The van der Waals surface area contributed by atoms with Gasteiger partial charge in [-0.2, -0.15) is 5.11 Å². The predicted octanol–water partition coefficient (Wildman–Crippen LogP) is 4.73. The Labute approximate surface area is 146 Å². The molecular weight excluding hydrogens is 376 g/mol. The number of carboxylic acids is 1. The first kappa shape index (κ1) is 16.2. The summed E-state index contributed by atoms with van der Waals surface area (Å²) < 4.78 is 11.7. The zero-order valence-electron chi connectivity index (χ0n) is 12.7. The summed E-state index contributed by atoms with van der Waals surface area (Å²) in [6.45, 7) is 0.0191. The first-order chi connectivity index (χ1) is 11.6. The topological polar surface area (TPSA) is 80.5 Å². The van der Waals surface area contributed by atoms with Crippen molar-refractivity contribution in [3.05, 3.63) is 52.0 Å². The van der Waals surface area contributed by atoms with Crippen molar-refractivity contribution in [3.63, 3.8) is 0 Å². The van der Waals surface area contributed by atoms with Crippen LogP contribution in [0.4, 0.5) is 11.4 Å². The third-order valence-electron chi connectivity index (χ3n) is 3.40. The molecule has 1 heterocycles. The second kappa shape index (κ2) is 6.84. The molecule has 0 aromatic heterocycles. The van der Waals surface area contributed by atoms with Gasteiger partial charge in [-0.25, -0.2) is 4.79 Å². The van der Waals surface area contributed by atoms with Crippen LogP contribution in [0, 0.1) is 0 Å². The number of carboxylic acid groups (broad SMARTS) is 1. The van der Waals surface area contributed by atoms with E-state index in [0.717, 1.165) is 4.47 Å². The van der Waals surface area contributed by atoms with E-state index in [0.29, 0.717) is 28.4 Å². The fraction of sp³-hybridized carbons (Fsp3) is 0.118. The Morgan fingerprint density at radius 1 is 1.25 bits per heavy atom. The fourth-order valence-electron chi connectivity index (χ4n) is 2.17. The Morgan fingerprint density at radius 3 is 2.67 bits per heavy atom. The lowest BCUT2D eigenvalue weighted by atomic mass is 10.1. The highest BCUT2D eigenvalue weighted by atomic mass is 79.9. The number of hydrogen-bond acceptors (Lipinski definition) is 5. The van der Waals surface area contributed by atoms with Crippen LogP contribution in [0.1, 0.15) is 5.56 Å². The van der Waals surface area contributed by atoms with Crippen LogP contribution >= 0.6 is 15.9 Å². The number of carbonyl (C=O) groups is 1. The Kier molecular flexibility index (Phi) is 4.61. The van der Waals surface area contributed by atoms with Gasteiger partial charge in [0.05, 0.1) is 18.4 Å². The molecule has 0 atom stereocenters. The molecule has 0 fully saturated rings. The van der Waals surface area contributed by atoms with Crippen LogP contribution in [0.25, 0.3) is 6.08 Å². The van der Waals surface area contributed by atoms with Gasteiger partial charge in [-0.3, -0.25) is 0 Å². The number of nitrogens with zero attached hydrogens (tertiary/aromatic N) is 2. The molecule has 2 aromatic carbocycles. The van der Waals surface area contributed by atoms with Gasteiger partial charge in [0.25, 0.3) is 0 Å². The molecule has 1 N–H and O–H groups in total. The molecule has 0 aliphatic carbocycles. The molecule has 0 spiro atoms. The van der Waals surface area contributed by atoms with E-state index in [1.165, 1.54) is 7.11 Å². The number of rotatable bonds is 4. The summed E-state index contributed by atoms with van der Waals surface area (Å²) in [7, 11) is 1.53. The Morgan fingerprint density at radius 2 is 2.00 bits per heavy atom. The van der Waals surface area contributed by atoms with E-state index in [4.69, 9.17) is 14.6 Å². The number of fused-ring (bicyclic) bond motifs is 1.